The van der Waals surface area contributed by atoms with E-state index in [0.717, 1.165) is 6.54 Å². The molecule has 1 rings (SSSR count). The van der Waals surface area contributed by atoms with Gasteiger partial charge < -0.3 is 10.6 Å². The van der Waals surface area contributed by atoms with E-state index in [-0.39, 0.29) is 0 Å². The number of hydrogen-bond donors (Lipinski definition) is 2. The van der Waals surface area contributed by atoms with Crippen LogP contribution in [-0.4, -0.2) is 12.6 Å². The smallest absolute Gasteiger partial charge is 0.0477 e. The van der Waals surface area contributed by atoms with Gasteiger partial charge >= 0.3 is 0 Å². The summed E-state index contributed by atoms with van der Waals surface area (Å²) in [4.78, 5) is 0. The van der Waals surface area contributed by atoms with Gasteiger partial charge in [-0.1, -0.05) is 20.8 Å². The molecule has 0 aromatic heterocycles. The fraction of sp³-hybridized carbons (Fsp3) is 0.750. The van der Waals surface area contributed by atoms with Gasteiger partial charge in [0.2, 0.25) is 0 Å². The van der Waals surface area contributed by atoms with E-state index in [1.165, 1.54) is 0 Å². The van der Waals surface area contributed by atoms with Crippen molar-refractivity contribution >= 4 is 0 Å². The maximum absolute atomic E-state index is 3.32. The van der Waals surface area contributed by atoms with Crippen molar-refractivity contribution in [2.75, 3.05) is 6.54 Å². The van der Waals surface area contributed by atoms with Crippen LogP contribution < -0.4 is 10.6 Å². The first-order valence-electron chi connectivity index (χ1n) is 3.75. The van der Waals surface area contributed by atoms with Gasteiger partial charge in [-0.25, -0.2) is 0 Å². The highest BCUT2D eigenvalue weighted by Crippen LogP contribution is 2.19. The average molecular weight is 140 g/mol. The van der Waals surface area contributed by atoms with Crippen molar-refractivity contribution in [3.8, 4) is 0 Å². The summed E-state index contributed by atoms with van der Waals surface area (Å²) in [5, 5.41) is 6.51. The van der Waals surface area contributed by atoms with Crippen molar-refractivity contribution in [1.29, 1.82) is 0 Å². The molecule has 2 N–H and O–H groups in total. The molecule has 1 aliphatic heterocycles. The van der Waals surface area contributed by atoms with Gasteiger partial charge in [0.1, 0.15) is 0 Å². The Labute approximate surface area is 62.7 Å². The van der Waals surface area contributed by atoms with Crippen LogP contribution in [0.1, 0.15) is 20.8 Å². The molecule has 58 valence electrons. The van der Waals surface area contributed by atoms with Gasteiger partial charge in [0.25, 0.3) is 0 Å². The minimum Gasteiger partial charge on any atom is -0.388 e. The van der Waals surface area contributed by atoms with Crippen LogP contribution >= 0.6 is 0 Å². The molecule has 0 aromatic rings. The third kappa shape index (κ3) is 1.66. The summed E-state index contributed by atoms with van der Waals surface area (Å²) in [6, 6.07) is 0.553. The summed E-state index contributed by atoms with van der Waals surface area (Å²) in [6.07, 6.45) is 3.92. The third-order valence-corrected chi connectivity index (χ3v) is 1.87. The highest BCUT2D eigenvalue weighted by Gasteiger charge is 2.23. The lowest BCUT2D eigenvalue weighted by Crippen LogP contribution is -2.46. The molecule has 0 amide bonds. The van der Waals surface area contributed by atoms with Gasteiger partial charge in [-0.05, 0) is 5.41 Å². The van der Waals surface area contributed by atoms with Gasteiger partial charge in [0.15, 0.2) is 0 Å². The van der Waals surface area contributed by atoms with Gasteiger partial charge in [-0.2, -0.15) is 0 Å². The summed E-state index contributed by atoms with van der Waals surface area (Å²) >= 11 is 0. The van der Waals surface area contributed by atoms with E-state index in [9.17, 15) is 0 Å². The monoisotopic (exact) mass is 140 g/mol. The van der Waals surface area contributed by atoms with Crippen LogP contribution in [0.4, 0.5) is 0 Å². The van der Waals surface area contributed by atoms with Crippen LogP contribution in [0.15, 0.2) is 12.4 Å². The number of hydrogen-bond acceptors (Lipinski definition) is 2. The molecule has 10 heavy (non-hydrogen) atoms. The third-order valence-electron chi connectivity index (χ3n) is 1.87. The molecule has 0 aromatic carbocycles. The molecule has 2 nitrogen and oxygen atoms in total. The van der Waals surface area contributed by atoms with E-state index < -0.39 is 0 Å². The molecular weight excluding hydrogens is 124 g/mol. The normalized spacial score (nSPS) is 25.3. The highest BCUT2D eigenvalue weighted by molar-refractivity contribution is 4.94. The molecule has 1 unspecified atom stereocenters. The first-order chi connectivity index (χ1) is 4.61. The predicted molar refractivity (Wildman–Crippen MR) is 43.5 cm³/mol. The molecule has 0 saturated carbocycles. The van der Waals surface area contributed by atoms with E-state index in [4.69, 9.17) is 0 Å². The summed E-state index contributed by atoms with van der Waals surface area (Å²) in [7, 11) is 0. The quantitative estimate of drug-likeness (QED) is 0.526. The first-order valence-corrected chi connectivity index (χ1v) is 3.75. The molecule has 0 spiro atoms. The van der Waals surface area contributed by atoms with Crippen molar-refractivity contribution in [2.24, 2.45) is 5.41 Å². The molecule has 0 fully saturated rings. The van der Waals surface area contributed by atoms with Crippen LogP contribution in [0.3, 0.4) is 0 Å². The van der Waals surface area contributed by atoms with Crippen LogP contribution in [0.5, 0.6) is 0 Å². The van der Waals surface area contributed by atoms with Crippen molar-refractivity contribution < 1.29 is 0 Å². The Hall–Kier alpha value is -0.660. The Bertz CT molecular complexity index is 133. The fourth-order valence-electron chi connectivity index (χ4n) is 1.02. The first kappa shape index (κ1) is 7.45. The topological polar surface area (TPSA) is 24.1 Å². The zero-order valence-electron chi connectivity index (χ0n) is 6.94. The maximum Gasteiger partial charge on any atom is 0.0477 e. The fourth-order valence-corrected chi connectivity index (χ4v) is 1.02. The molecular formula is C8H16N2. The van der Waals surface area contributed by atoms with E-state index in [0.29, 0.717) is 11.5 Å². The summed E-state index contributed by atoms with van der Waals surface area (Å²) in [5.41, 5.74) is 0.345. The Morgan fingerprint density at radius 2 is 2.00 bits per heavy atom. The minimum atomic E-state index is 0.345. The SMILES string of the molecule is CC(C)(C)C1CNC=CN1. The standard InChI is InChI=1S/C8H16N2/c1-8(2,3)7-6-9-4-5-10-7/h4-5,7,9-10H,6H2,1-3H3. The summed E-state index contributed by atoms with van der Waals surface area (Å²) in [5.74, 6) is 0. The lowest BCUT2D eigenvalue weighted by atomic mass is 9.86. The van der Waals surface area contributed by atoms with Gasteiger partial charge in [0.05, 0.1) is 0 Å². The lowest BCUT2D eigenvalue weighted by Gasteiger charge is -2.33. The van der Waals surface area contributed by atoms with E-state index in [2.05, 4.69) is 31.4 Å². The number of nitrogens with one attached hydrogen (secondary N) is 2. The summed E-state index contributed by atoms with van der Waals surface area (Å²) in [6.45, 7) is 7.75. The minimum absolute atomic E-state index is 0.345. The Morgan fingerprint density at radius 3 is 2.30 bits per heavy atom. The van der Waals surface area contributed by atoms with Crippen molar-refractivity contribution in [3.05, 3.63) is 12.4 Å². The second kappa shape index (κ2) is 2.52. The summed E-state index contributed by atoms with van der Waals surface area (Å²) < 4.78 is 0. The van der Waals surface area contributed by atoms with Crippen LogP contribution in [0, 0.1) is 5.41 Å². The molecule has 0 saturated heterocycles. The van der Waals surface area contributed by atoms with Gasteiger partial charge in [0, 0.05) is 25.0 Å². The zero-order chi connectivity index (χ0) is 7.61. The van der Waals surface area contributed by atoms with E-state index >= 15 is 0 Å². The van der Waals surface area contributed by atoms with Crippen LogP contribution in [0.25, 0.3) is 0 Å². The lowest BCUT2D eigenvalue weighted by molar-refractivity contribution is 0.279. The highest BCUT2D eigenvalue weighted by atomic mass is 15.0. The molecule has 1 aliphatic rings. The molecule has 0 radical (unpaired) electrons. The van der Waals surface area contributed by atoms with Crippen molar-refractivity contribution in [2.45, 2.75) is 26.8 Å². The van der Waals surface area contributed by atoms with E-state index in [1.54, 1.807) is 0 Å². The Kier molecular flexibility index (Phi) is 1.88. The van der Waals surface area contributed by atoms with Crippen LogP contribution in [-0.2, 0) is 0 Å². The van der Waals surface area contributed by atoms with E-state index in [1.807, 2.05) is 12.4 Å². The predicted octanol–water partition coefficient (Wildman–Crippen LogP) is 1.07. The molecule has 0 bridgehead atoms. The largest absolute Gasteiger partial charge is 0.388 e. The Balaban J connectivity index is 2.49. The molecule has 1 heterocycles. The van der Waals surface area contributed by atoms with Gasteiger partial charge in [-0.15, -0.1) is 0 Å². The van der Waals surface area contributed by atoms with Crippen molar-refractivity contribution in [1.82, 2.24) is 10.6 Å². The number of rotatable bonds is 0. The van der Waals surface area contributed by atoms with Crippen LogP contribution in [0.2, 0.25) is 0 Å². The molecule has 1 atom stereocenters. The maximum atomic E-state index is 3.32. The van der Waals surface area contributed by atoms with Crippen molar-refractivity contribution in [3.63, 3.8) is 0 Å². The average Bonchev–Trinajstić information content (AvgIpc) is 1.88. The second-order valence-electron chi connectivity index (χ2n) is 3.83. The zero-order valence-corrected chi connectivity index (χ0v) is 6.94. The molecule has 0 aliphatic carbocycles. The second-order valence-corrected chi connectivity index (χ2v) is 3.83. The van der Waals surface area contributed by atoms with Gasteiger partial charge in [-0.3, -0.25) is 0 Å². The molecule has 2 heteroatoms. The Morgan fingerprint density at radius 1 is 1.30 bits per heavy atom.